The molecule has 5 heteroatoms. The van der Waals surface area contributed by atoms with Crippen LogP contribution in [0.1, 0.15) is 51.0 Å². The van der Waals surface area contributed by atoms with Gasteiger partial charge in [0, 0.05) is 13.1 Å². The molecule has 0 atom stereocenters. The van der Waals surface area contributed by atoms with Gasteiger partial charge >= 0.3 is 0 Å². The Labute approximate surface area is 142 Å². The van der Waals surface area contributed by atoms with Gasteiger partial charge in [-0.25, -0.2) is 4.98 Å². The molecule has 0 bridgehead atoms. The average molecular weight is 334 g/mol. The number of carbonyl (C=O) groups is 1. The molecule has 0 unspecified atom stereocenters. The van der Waals surface area contributed by atoms with Crippen LogP contribution in [-0.4, -0.2) is 28.9 Å². The zero-order valence-corrected chi connectivity index (χ0v) is 15.2. The molecule has 0 radical (unpaired) electrons. The fourth-order valence-electron chi connectivity index (χ4n) is 2.27. The summed E-state index contributed by atoms with van der Waals surface area (Å²) >= 11 is 1.56. The summed E-state index contributed by atoms with van der Waals surface area (Å²) in [6, 6.07) is 3.90. The molecule has 2 aromatic rings. The van der Waals surface area contributed by atoms with E-state index >= 15 is 0 Å². The largest absolute Gasteiger partial charge is 0.442 e. The van der Waals surface area contributed by atoms with Crippen molar-refractivity contribution in [2.24, 2.45) is 11.8 Å². The van der Waals surface area contributed by atoms with Crippen molar-refractivity contribution in [2.75, 3.05) is 13.1 Å². The topological polar surface area (TPSA) is 46.3 Å². The lowest BCUT2D eigenvalue weighted by Crippen LogP contribution is -2.34. The first-order valence-corrected chi connectivity index (χ1v) is 9.13. The number of rotatable bonds is 8. The Balaban J connectivity index is 2.17. The van der Waals surface area contributed by atoms with E-state index in [4.69, 9.17) is 4.42 Å². The average Bonchev–Trinajstić information content (AvgIpc) is 3.16. The molecule has 126 valence electrons. The van der Waals surface area contributed by atoms with Crippen molar-refractivity contribution in [2.45, 2.75) is 40.5 Å². The fraction of sp³-hybridized carbons (Fsp3) is 0.556. The van der Waals surface area contributed by atoms with Crippen LogP contribution in [0.4, 0.5) is 0 Å². The Morgan fingerprint density at radius 1 is 1.22 bits per heavy atom. The lowest BCUT2D eigenvalue weighted by atomic mass is 10.1. The molecule has 0 spiro atoms. The first-order chi connectivity index (χ1) is 11.0. The smallest absolute Gasteiger partial charge is 0.276 e. The molecule has 2 aromatic heterocycles. The van der Waals surface area contributed by atoms with Gasteiger partial charge in [0.15, 0.2) is 17.8 Å². The molecule has 1 amide bonds. The van der Waals surface area contributed by atoms with Crippen molar-refractivity contribution >= 4 is 17.2 Å². The third-order valence-corrected chi connectivity index (χ3v) is 4.62. The molecule has 4 nitrogen and oxygen atoms in total. The lowest BCUT2D eigenvalue weighted by Gasteiger charge is -2.24. The predicted molar refractivity (Wildman–Crippen MR) is 94.6 cm³/mol. The van der Waals surface area contributed by atoms with Crippen molar-refractivity contribution in [3.63, 3.8) is 0 Å². The SMILES string of the molecule is CC(C)CCN(CCC(C)C)C(=O)c1ncoc1-c1cccs1. The van der Waals surface area contributed by atoms with Crippen LogP contribution in [0.3, 0.4) is 0 Å². The van der Waals surface area contributed by atoms with E-state index < -0.39 is 0 Å². The van der Waals surface area contributed by atoms with E-state index in [9.17, 15) is 4.79 Å². The van der Waals surface area contributed by atoms with Gasteiger partial charge < -0.3 is 9.32 Å². The van der Waals surface area contributed by atoms with Gasteiger partial charge in [0.1, 0.15) is 0 Å². The number of hydrogen-bond donors (Lipinski definition) is 0. The van der Waals surface area contributed by atoms with Crippen LogP contribution in [-0.2, 0) is 0 Å². The summed E-state index contributed by atoms with van der Waals surface area (Å²) in [7, 11) is 0. The van der Waals surface area contributed by atoms with Crippen molar-refractivity contribution in [1.29, 1.82) is 0 Å². The zero-order chi connectivity index (χ0) is 16.8. The minimum absolute atomic E-state index is 0.0246. The Bertz CT molecular complexity index is 590. The summed E-state index contributed by atoms with van der Waals surface area (Å²) < 4.78 is 5.48. The number of amides is 1. The minimum atomic E-state index is -0.0246. The summed E-state index contributed by atoms with van der Waals surface area (Å²) in [5.74, 6) is 1.70. The molecule has 0 N–H and O–H groups in total. The normalized spacial score (nSPS) is 11.4. The van der Waals surface area contributed by atoms with Gasteiger partial charge in [0.2, 0.25) is 0 Å². The molecular weight excluding hydrogens is 308 g/mol. The summed E-state index contributed by atoms with van der Waals surface area (Å²) in [6.07, 6.45) is 3.36. The summed E-state index contributed by atoms with van der Waals surface area (Å²) in [5, 5.41) is 1.97. The van der Waals surface area contributed by atoms with E-state index in [0.29, 0.717) is 23.3 Å². The van der Waals surface area contributed by atoms with Crippen LogP contribution in [0.5, 0.6) is 0 Å². The van der Waals surface area contributed by atoms with Crippen LogP contribution in [0.15, 0.2) is 28.3 Å². The van der Waals surface area contributed by atoms with Crippen LogP contribution in [0, 0.1) is 11.8 Å². The Morgan fingerprint density at radius 3 is 2.39 bits per heavy atom. The van der Waals surface area contributed by atoms with E-state index in [1.807, 2.05) is 22.4 Å². The summed E-state index contributed by atoms with van der Waals surface area (Å²) in [4.78, 5) is 20.0. The summed E-state index contributed by atoms with van der Waals surface area (Å²) in [6.45, 7) is 10.2. The van der Waals surface area contributed by atoms with E-state index in [-0.39, 0.29) is 5.91 Å². The molecule has 0 aliphatic heterocycles. The molecular formula is C18H26N2O2S. The Morgan fingerprint density at radius 2 is 1.87 bits per heavy atom. The third kappa shape index (κ3) is 4.93. The Kier molecular flexibility index (Phi) is 6.39. The van der Waals surface area contributed by atoms with Crippen LogP contribution < -0.4 is 0 Å². The molecule has 0 aromatic carbocycles. The number of thiophene rings is 1. The van der Waals surface area contributed by atoms with Crippen LogP contribution in [0.2, 0.25) is 0 Å². The van der Waals surface area contributed by atoms with Crippen LogP contribution in [0.25, 0.3) is 10.6 Å². The molecule has 0 saturated carbocycles. The highest BCUT2D eigenvalue weighted by Crippen LogP contribution is 2.28. The number of aromatic nitrogens is 1. The van der Waals surface area contributed by atoms with E-state index in [2.05, 4.69) is 32.7 Å². The van der Waals surface area contributed by atoms with Gasteiger partial charge in [-0.1, -0.05) is 33.8 Å². The van der Waals surface area contributed by atoms with Crippen molar-refractivity contribution in [3.8, 4) is 10.6 Å². The lowest BCUT2D eigenvalue weighted by molar-refractivity contribution is 0.0736. The highest BCUT2D eigenvalue weighted by molar-refractivity contribution is 7.13. The van der Waals surface area contributed by atoms with Gasteiger partial charge in [-0.05, 0) is 36.1 Å². The van der Waals surface area contributed by atoms with Gasteiger partial charge in [0.25, 0.3) is 5.91 Å². The molecule has 2 heterocycles. The van der Waals surface area contributed by atoms with Gasteiger partial charge in [0.05, 0.1) is 4.88 Å². The molecule has 0 fully saturated rings. The number of carbonyl (C=O) groups excluding carboxylic acids is 1. The predicted octanol–water partition coefficient (Wildman–Crippen LogP) is 4.94. The highest BCUT2D eigenvalue weighted by Gasteiger charge is 2.24. The van der Waals surface area contributed by atoms with Crippen molar-refractivity contribution in [1.82, 2.24) is 9.88 Å². The quantitative estimate of drug-likeness (QED) is 0.687. The standard InChI is InChI=1S/C18H26N2O2S/c1-13(2)7-9-20(10-8-14(3)4)18(21)16-17(22-12-19-16)15-6-5-11-23-15/h5-6,11-14H,7-10H2,1-4H3. The zero-order valence-electron chi connectivity index (χ0n) is 14.4. The monoisotopic (exact) mass is 334 g/mol. The van der Waals surface area contributed by atoms with Gasteiger partial charge in [-0.2, -0.15) is 0 Å². The molecule has 0 aliphatic rings. The fourth-order valence-corrected chi connectivity index (χ4v) is 2.99. The van der Waals surface area contributed by atoms with Crippen molar-refractivity contribution in [3.05, 3.63) is 29.6 Å². The summed E-state index contributed by atoms with van der Waals surface area (Å²) in [5.41, 5.74) is 0.431. The van der Waals surface area contributed by atoms with Crippen LogP contribution >= 0.6 is 11.3 Å². The minimum Gasteiger partial charge on any atom is -0.442 e. The maximum atomic E-state index is 13.0. The number of nitrogens with zero attached hydrogens (tertiary/aromatic N) is 2. The second-order valence-corrected chi connectivity index (χ2v) is 7.61. The van der Waals surface area contributed by atoms with Gasteiger partial charge in [-0.3, -0.25) is 4.79 Å². The van der Waals surface area contributed by atoms with Crippen molar-refractivity contribution < 1.29 is 9.21 Å². The molecule has 23 heavy (non-hydrogen) atoms. The number of oxazole rings is 1. The molecule has 0 saturated heterocycles. The maximum absolute atomic E-state index is 13.0. The molecule has 2 rings (SSSR count). The highest BCUT2D eigenvalue weighted by atomic mass is 32.1. The van der Waals surface area contributed by atoms with E-state index in [0.717, 1.165) is 30.8 Å². The number of hydrogen-bond acceptors (Lipinski definition) is 4. The first-order valence-electron chi connectivity index (χ1n) is 8.25. The van der Waals surface area contributed by atoms with E-state index in [1.165, 1.54) is 6.39 Å². The Hall–Kier alpha value is -1.62. The van der Waals surface area contributed by atoms with E-state index in [1.54, 1.807) is 11.3 Å². The molecule has 0 aliphatic carbocycles. The second-order valence-electron chi connectivity index (χ2n) is 6.66. The second kappa shape index (κ2) is 8.29. The maximum Gasteiger partial charge on any atom is 0.276 e. The van der Waals surface area contributed by atoms with Gasteiger partial charge in [-0.15, -0.1) is 11.3 Å². The first kappa shape index (κ1) is 17.7. The third-order valence-electron chi connectivity index (χ3n) is 3.75.